The number of fused-ring (bicyclic) bond motifs is 9. The summed E-state index contributed by atoms with van der Waals surface area (Å²) < 4.78 is 15.5. The molecule has 0 amide bonds. The smallest absolute Gasteiger partial charge is 0.165 e. The molecule has 4 aromatic heterocycles. The van der Waals surface area contributed by atoms with Crippen LogP contribution in [0.5, 0.6) is 0 Å². The maximum absolute atomic E-state index is 6.77. The van der Waals surface area contributed by atoms with E-state index in [4.69, 9.17) is 23.8 Å². The summed E-state index contributed by atoms with van der Waals surface area (Å²) in [6.07, 6.45) is 0. The maximum atomic E-state index is 6.77. The van der Waals surface area contributed by atoms with Crippen LogP contribution in [-0.4, -0.2) is 15.0 Å². The van der Waals surface area contributed by atoms with Gasteiger partial charge in [0.05, 0.1) is 0 Å². The van der Waals surface area contributed by atoms with Crippen LogP contribution in [0.15, 0.2) is 197 Å². The number of hydrogen-bond donors (Lipinski definition) is 0. The van der Waals surface area contributed by atoms with Crippen molar-refractivity contribution < 1.29 is 8.83 Å². The summed E-state index contributed by atoms with van der Waals surface area (Å²) in [6, 6.07) is 66.2. The van der Waals surface area contributed by atoms with E-state index in [-0.39, 0.29) is 0 Å². The third-order valence-corrected chi connectivity index (χ3v) is 13.9. The Kier molecular flexibility index (Phi) is 7.21. The van der Waals surface area contributed by atoms with Crippen molar-refractivity contribution in [3.63, 3.8) is 0 Å². The summed E-state index contributed by atoms with van der Waals surface area (Å²) in [5.41, 5.74) is 10.6. The molecule has 10 aromatic carbocycles. The first-order chi connectivity index (χ1) is 31.2. The predicted molar refractivity (Wildman–Crippen MR) is 261 cm³/mol. The molecule has 0 aliphatic rings. The number of furan rings is 2. The Hall–Kier alpha value is -8.19. The highest BCUT2D eigenvalue weighted by Gasteiger charge is 2.21. The summed E-state index contributed by atoms with van der Waals surface area (Å²) in [5.74, 6) is 1.81. The lowest BCUT2D eigenvalue weighted by Crippen LogP contribution is -2.00. The molecule has 0 bridgehead atoms. The highest BCUT2D eigenvalue weighted by atomic mass is 32.1. The van der Waals surface area contributed by atoms with Crippen molar-refractivity contribution in [3.05, 3.63) is 188 Å². The number of para-hydroxylation sites is 1. The minimum Gasteiger partial charge on any atom is -0.456 e. The van der Waals surface area contributed by atoms with Gasteiger partial charge in [-0.2, -0.15) is 0 Å². The molecule has 292 valence electrons. The standard InChI is InChI=1S/C57H31N3O2S/c1-2-11-32(12-3-1)36-27-45-38-13-4-5-14-39(38)46-28-37(31-50-53(46)52(45)49(30-36)62-50)33-21-23-34(24-22-33)55-58-56(35-25-26-41-40-15-6-8-19-47(40)61-48(41)29-35)60-57(59-55)44-18-10-17-43-42-16-7-9-20-51(42)63-54(43)44/h1-31H. The molecule has 0 N–H and O–H groups in total. The Labute approximate surface area is 363 Å². The van der Waals surface area contributed by atoms with E-state index in [9.17, 15) is 0 Å². The molecule has 0 saturated heterocycles. The Morgan fingerprint density at radius 1 is 0.302 bits per heavy atom. The van der Waals surface area contributed by atoms with Crippen molar-refractivity contribution in [2.75, 3.05) is 0 Å². The van der Waals surface area contributed by atoms with Crippen LogP contribution >= 0.6 is 11.3 Å². The van der Waals surface area contributed by atoms with Crippen molar-refractivity contribution in [2.24, 2.45) is 0 Å². The van der Waals surface area contributed by atoms with Crippen LogP contribution in [0.4, 0.5) is 0 Å². The zero-order valence-corrected chi connectivity index (χ0v) is 34.3. The average molecular weight is 822 g/mol. The monoisotopic (exact) mass is 821 g/mol. The minimum absolute atomic E-state index is 0.586. The van der Waals surface area contributed by atoms with E-state index >= 15 is 0 Å². The van der Waals surface area contributed by atoms with E-state index in [1.165, 1.54) is 53.4 Å². The quantitative estimate of drug-likeness (QED) is 0.162. The molecule has 0 saturated carbocycles. The molecule has 5 nitrogen and oxygen atoms in total. The van der Waals surface area contributed by atoms with Gasteiger partial charge in [-0.05, 0) is 98.4 Å². The van der Waals surface area contributed by atoms with Crippen molar-refractivity contribution in [3.8, 4) is 56.4 Å². The van der Waals surface area contributed by atoms with E-state index in [0.29, 0.717) is 17.5 Å². The van der Waals surface area contributed by atoms with E-state index in [1.807, 2.05) is 24.3 Å². The number of rotatable bonds is 5. The molecule has 6 heteroatoms. The van der Waals surface area contributed by atoms with Crippen molar-refractivity contribution in [1.82, 2.24) is 15.0 Å². The first kappa shape index (κ1) is 34.5. The molecule has 0 fully saturated rings. The summed E-state index contributed by atoms with van der Waals surface area (Å²) in [7, 11) is 0. The van der Waals surface area contributed by atoms with Crippen LogP contribution in [0.3, 0.4) is 0 Å². The lowest BCUT2D eigenvalue weighted by molar-refractivity contribution is 0.669. The van der Waals surface area contributed by atoms with Crippen LogP contribution in [0.1, 0.15) is 0 Å². The van der Waals surface area contributed by atoms with Crippen LogP contribution in [0.2, 0.25) is 0 Å². The fraction of sp³-hybridized carbons (Fsp3) is 0. The van der Waals surface area contributed by atoms with Gasteiger partial charge in [-0.1, -0.05) is 133 Å². The summed E-state index contributed by atoms with van der Waals surface area (Å²) in [5, 5.41) is 11.7. The summed E-state index contributed by atoms with van der Waals surface area (Å²) >= 11 is 1.77. The largest absolute Gasteiger partial charge is 0.456 e. The zero-order chi connectivity index (χ0) is 41.2. The molecule has 14 rings (SSSR count). The normalized spacial score (nSPS) is 12.1. The van der Waals surface area contributed by atoms with Gasteiger partial charge in [-0.25, -0.2) is 15.0 Å². The van der Waals surface area contributed by atoms with Gasteiger partial charge in [-0.3, -0.25) is 0 Å². The Balaban J connectivity index is 0.923. The molecule has 0 spiro atoms. The van der Waals surface area contributed by atoms with Gasteiger partial charge in [0.25, 0.3) is 0 Å². The third-order valence-electron chi connectivity index (χ3n) is 12.7. The van der Waals surface area contributed by atoms with Crippen molar-refractivity contribution >= 4 is 96.9 Å². The third kappa shape index (κ3) is 5.25. The number of thiophene rings is 1. The fourth-order valence-electron chi connectivity index (χ4n) is 9.72. The van der Waals surface area contributed by atoms with Crippen LogP contribution in [-0.2, 0) is 0 Å². The Bertz CT molecular complexity index is 4140. The van der Waals surface area contributed by atoms with Crippen LogP contribution < -0.4 is 0 Å². The summed E-state index contributed by atoms with van der Waals surface area (Å²) in [6.45, 7) is 0. The number of benzene rings is 10. The summed E-state index contributed by atoms with van der Waals surface area (Å²) in [4.78, 5) is 15.6. The lowest BCUT2D eigenvalue weighted by atomic mass is 9.90. The van der Waals surface area contributed by atoms with E-state index in [2.05, 4.69) is 164 Å². The molecule has 14 aromatic rings. The van der Waals surface area contributed by atoms with Gasteiger partial charge < -0.3 is 8.83 Å². The van der Waals surface area contributed by atoms with Gasteiger partial charge in [0.1, 0.15) is 22.3 Å². The van der Waals surface area contributed by atoms with Gasteiger partial charge in [0.2, 0.25) is 0 Å². The van der Waals surface area contributed by atoms with Crippen molar-refractivity contribution in [1.29, 1.82) is 0 Å². The van der Waals surface area contributed by atoms with Crippen molar-refractivity contribution in [2.45, 2.75) is 0 Å². The van der Waals surface area contributed by atoms with Gasteiger partial charge in [0, 0.05) is 58.4 Å². The SMILES string of the molecule is c1ccc(-c2cc3oc4cc(-c5ccc(-c6nc(-c7ccc8c(c7)oc7ccccc78)nc(-c7cccc8c7sc7ccccc78)n6)cc5)cc5c6ccccc6c(c2)c3c45)cc1. The molecule has 0 atom stereocenters. The lowest BCUT2D eigenvalue weighted by Gasteiger charge is -2.12. The topological polar surface area (TPSA) is 65.0 Å². The molecule has 0 radical (unpaired) electrons. The Morgan fingerprint density at radius 2 is 0.825 bits per heavy atom. The van der Waals surface area contributed by atoms with Gasteiger partial charge in [-0.15, -0.1) is 11.3 Å². The molecule has 63 heavy (non-hydrogen) atoms. The predicted octanol–water partition coefficient (Wildman–Crippen LogP) is 16.1. The Morgan fingerprint density at radius 3 is 1.57 bits per heavy atom. The first-order valence-electron chi connectivity index (χ1n) is 21.1. The van der Waals surface area contributed by atoms with Gasteiger partial charge >= 0.3 is 0 Å². The highest BCUT2D eigenvalue weighted by molar-refractivity contribution is 7.26. The minimum atomic E-state index is 0.586. The second-order valence-electron chi connectivity index (χ2n) is 16.3. The second kappa shape index (κ2) is 13.2. The molecular formula is C57H31N3O2S. The molecular weight excluding hydrogens is 791 g/mol. The number of nitrogens with zero attached hydrogens (tertiary/aromatic N) is 3. The van der Waals surface area contributed by atoms with Crippen LogP contribution in [0.25, 0.3) is 142 Å². The second-order valence-corrected chi connectivity index (χ2v) is 17.3. The molecule has 0 aliphatic carbocycles. The maximum Gasteiger partial charge on any atom is 0.165 e. The molecule has 0 unspecified atom stereocenters. The highest BCUT2D eigenvalue weighted by Crippen LogP contribution is 2.46. The van der Waals surface area contributed by atoms with E-state index in [1.54, 1.807) is 11.3 Å². The number of hydrogen-bond acceptors (Lipinski definition) is 6. The molecule has 4 heterocycles. The first-order valence-corrected chi connectivity index (χ1v) is 21.9. The number of aromatic nitrogens is 3. The van der Waals surface area contributed by atoms with E-state index in [0.717, 1.165) is 71.2 Å². The van der Waals surface area contributed by atoms with Crippen LogP contribution in [0, 0.1) is 0 Å². The van der Waals surface area contributed by atoms with E-state index < -0.39 is 0 Å². The van der Waals surface area contributed by atoms with Gasteiger partial charge in [0.15, 0.2) is 17.5 Å². The average Bonchev–Trinajstić information content (AvgIpc) is 4.05. The zero-order valence-electron chi connectivity index (χ0n) is 33.5. The fourth-order valence-corrected chi connectivity index (χ4v) is 10.9. The molecule has 0 aliphatic heterocycles.